The number of hydroxylamine groups is 2. The molecule has 2 heterocycles. The van der Waals surface area contributed by atoms with E-state index in [1.165, 1.54) is 12.1 Å². The topological polar surface area (TPSA) is 72.9 Å². The van der Waals surface area contributed by atoms with Crippen molar-refractivity contribution in [3.05, 3.63) is 35.4 Å². The number of imide groups is 1. The van der Waals surface area contributed by atoms with Gasteiger partial charge in [0.05, 0.1) is 11.1 Å². The van der Waals surface area contributed by atoms with E-state index >= 15 is 0 Å². The first-order valence-electron chi connectivity index (χ1n) is 5.99. The molecule has 2 aliphatic heterocycles. The Labute approximate surface area is 108 Å². The van der Waals surface area contributed by atoms with Crippen molar-refractivity contribution in [2.45, 2.75) is 18.9 Å². The van der Waals surface area contributed by atoms with Crippen LogP contribution in [0.25, 0.3) is 0 Å². The summed E-state index contributed by atoms with van der Waals surface area (Å²) in [5.74, 6) is -1.94. The van der Waals surface area contributed by atoms with Crippen LogP contribution in [0.15, 0.2) is 24.3 Å². The van der Waals surface area contributed by atoms with Gasteiger partial charge in [-0.1, -0.05) is 17.2 Å². The van der Waals surface area contributed by atoms with E-state index in [9.17, 15) is 14.4 Å². The molecule has 0 aromatic heterocycles. The summed E-state index contributed by atoms with van der Waals surface area (Å²) in [6, 6.07) is 6.34. The maximum Gasteiger partial charge on any atom is 0.361 e. The van der Waals surface area contributed by atoms with Crippen LogP contribution < -0.4 is 0 Å². The fraction of sp³-hybridized carbons (Fsp3) is 0.308. The molecule has 0 aliphatic carbocycles. The molecular formula is C13H11NO5. The molecule has 3 rings (SSSR count). The molecule has 1 aromatic carbocycles. The average Bonchev–Trinajstić information content (AvgIpc) is 3.03. The Morgan fingerprint density at radius 3 is 2.37 bits per heavy atom. The Hall–Kier alpha value is -2.21. The molecular weight excluding hydrogens is 250 g/mol. The summed E-state index contributed by atoms with van der Waals surface area (Å²) in [7, 11) is 0. The van der Waals surface area contributed by atoms with Gasteiger partial charge in [-0.05, 0) is 25.0 Å². The maximum absolute atomic E-state index is 11.9. The van der Waals surface area contributed by atoms with Crippen LogP contribution in [0.5, 0.6) is 0 Å². The number of carbonyl (C=O) groups excluding carboxylic acids is 3. The number of amides is 2. The molecule has 19 heavy (non-hydrogen) atoms. The molecule has 0 bridgehead atoms. The van der Waals surface area contributed by atoms with Gasteiger partial charge >= 0.3 is 5.97 Å². The Morgan fingerprint density at radius 2 is 1.84 bits per heavy atom. The number of nitrogens with zero attached hydrogens (tertiary/aromatic N) is 1. The zero-order valence-corrected chi connectivity index (χ0v) is 10.00. The fourth-order valence-electron chi connectivity index (χ4n) is 2.16. The number of rotatable bonds is 2. The lowest BCUT2D eigenvalue weighted by molar-refractivity contribution is -0.179. The molecule has 0 unspecified atom stereocenters. The minimum absolute atomic E-state index is 0.243. The van der Waals surface area contributed by atoms with E-state index in [0.717, 1.165) is 6.42 Å². The van der Waals surface area contributed by atoms with Crippen molar-refractivity contribution in [2.24, 2.45) is 0 Å². The first-order valence-corrected chi connectivity index (χ1v) is 5.99. The molecule has 2 amide bonds. The maximum atomic E-state index is 11.9. The van der Waals surface area contributed by atoms with Gasteiger partial charge in [-0.2, -0.15) is 0 Å². The molecule has 0 spiro atoms. The Bertz CT molecular complexity index is 527. The monoisotopic (exact) mass is 261 g/mol. The number of benzene rings is 1. The van der Waals surface area contributed by atoms with Gasteiger partial charge in [-0.15, -0.1) is 0 Å². The molecule has 1 fully saturated rings. The van der Waals surface area contributed by atoms with Gasteiger partial charge < -0.3 is 9.57 Å². The molecule has 0 saturated carbocycles. The molecule has 6 nitrogen and oxygen atoms in total. The Kier molecular flexibility index (Phi) is 2.79. The predicted molar refractivity (Wildman–Crippen MR) is 62.0 cm³/mol. The summed E-state index contributed by atoms with van der Waals surface area (Å²) >= 11 is 0. The van der Waals surface area contributed by atoms with Gasteiger partial charge in [-0.3, -0.25) is 9.59 Å². The highest BCUT2D eigenvalue weighted by Crippen LogP contribution is 2.24. The highest BCUT2D eigenvalue weighted by molar-refractivity contribution is 6.20. The van der Waals surface area contributed by atoms with Crippen LogP contribution >= 0.6 is 0 Å². The van der Waals surface area contributed by atoms with E-state index in [1.807, 2.05) is 0 Å². The highest BCUT2D eigenvalue weighted by atomic mass is 16.7. The van der Waals surface area contributed by atoms with Gasteiger partial charge in [0, 0.05) is 6.61 Å². The molecule has 0 N–H and O–H groups in total. The van der Waals surface area contributed by atoms with E-state index in [1.54, 1.807) is 12.1 Å². The molecule has 0 radical (unpaired) electrons. The molecule has 98 valence electrons. The lowest BCUT2D eigenvalue weighted by Crippen LogP contribution is -2.36. The second-order valence-corrected chi connectivity index (χ2v) is 4.36. The summed E-state index contributed by atoms with van der Waals surface area (Å²) < 4.78 is 5.15. The lowest BCUT2D eigenvalue weighted by Gasteiger charge is -2.15. The molecule has 6 heteroatoms. The van der Waals surface area contributed by atoms with Crippen LogP contribution in [-0.2, 0) is 14.4 Å². The normalized spacial score (nSPS) is 21.7. The summed E-state index contributed by atoms with van der Waals surface area (Å²) in [5.41, 5.74) is 0.486. The first-order chi connectivity index (χ1) is 9.18. The zero-order valence-electron chi connectivity index (χ0n) is 10.00. The van der Waals surface area contributed by atoms with Gasteiger partial charge in [-0.25, -0.2) is 4.79 Å². The average molecular weight is 261 g/mol. The fourth-order valence-corrected chi connectivity index (χ4v) is 2.16. The van der Waals surface area contributed by atoms with Crippen molar-refractivity contribution < 1.29 is 24.0 Å². The van der Waals surface area contributed by atoms with E-state index in [2.05, 4.69) is 0 Å². The van der Waals surface area contributed by atoms with Gasteiger partial charge in [0.2, 0.25) is 0 Å². The van der Waals surface area contributed by atoms with Gasteiger partial charge in [0.25, 0.3) is 11.8 Å². The van der Waals surface area contributed by atoms with E-state index in [4.69, 9.17) is 9.57 Å². The number of hydrogen-bond acceptors (Lipinski definition) is 5. The molecule has 2 aliphatic rings. The summed E-state index contributed by atoms with van der Waals surface area (Å²) in [6.45, 7) is 0.488. The van der Waals surface area contributed by atoms with Crippen molar-refractivity contribution in [1.29, 1.82) is 0 Å². The van der Waals surface area contributed by atoms with Crippen LogP contribution in [0.1, 0.15) is 33.6 Å². The third-order valence-electron chi connectivity index (χ3n) is 3.13. The van der Waals surface area contributed by atoms with Crippen molar-refractivity contribution >= 4 is 17.8 Å². The van der Waals surface area contributed by atoms with Crippen LogP contribution in [0.2, 0.25) is 0 Å². The summed E-state index contributed by atoms with van der Waals surface area (Å²) in [6.07, 6.45) is 0.619. The second kappa shape index (κ2) is 4.47. The zero-order chi connectivity index (χ0) is 13.4. The highest BCUT2D eigenvalue weighted by Gasteiger charge is 2.40. The first kappa shape index (κ1) is 11.9. The summed E-state index contributed by atoms with van der Waals surface area (Å²) in [4.78, 5) is 40.5. The number of carbonyl (C=O) groups is 3. The minimum atomic E-state index is -0.702. The van der Waals surface area contributed by atoms with Crippen molar-refractivity contribution in [1.82, 2.24) is 5.06 Å². The van der Waals surface area contributed by atoms with Crippen LogP contribution in [0.4, 0.5) is 0 Å². The lowest BCUT2D eigenvalue weighted by atomic mass is 10.1. The second-order valence-electron chi connectivity index (χ2n) is 4.36. The number of fused-ring (bicyclic) bond motifs is 1. The predicted octanol–water partition coefficient (Wildman–Crippen LogP) is 0.920. The Morgan fingerprint density at radius 1 is 1.21 bits per heavy atom. The van der Waals surface area contributed by atoms with Crippen LogP contribution in [0.3, 0.4) is 0 Å². The number of hydrogen-bond donors (Lipinski definition) is 0. The van der Waals surface area contributed by atoms with Crippen molar-refractivity contribution in [3.8, 4) is 0 Å². The van der Waals surface area contributed by atoms with E-state index in [-0.39, 0.29) is 11.1 Å². The molecule has 1 aromatic rings. The minimum Gasteiger partial charge on any atom is -0.366 e. The molecule has 1 saturated heterocycles. The van der Waals surface area contributed by atoms with Crippen molar-refractivity contribution in [2.75, 3.05) is 6.61 Å². The van der Waals surface area contributed by atoms with Crippen LogP contribution in [0, 0.1) is 0 Å². The third-order valence-corrected chi connectivity index (χ3v) is 3.13. The van der Waals surface area contributed by atoms with E-state index in [0.29, 0.717) is 18.1 Å². The number of ether oxygens (including phenoxy) is 1. The largest absolute Gasteiger partial charge is 0.366 e. The van der Waals surface area contributed by atoms with Gasteiger partial charge in [0.1, 0.15) is 0 Å². The van der Waals surface area contributed by atoms with E-state index < -0.39 is 23.9 Å². The SMILES string of the molecule is O=C(ON1C(=O)c2ccccc2C1=O)[C@H]1CCCO1. The third kappa shape index (κ3) is 1.90. The molecule has 1 atom stereocenters. The quantitative estimate of drug-likeness (QED) is 0.740. The van der Waals surface area contributed by atoms with Crippen LogP contribution in [-0.4, -0.2) is 35.6 Å². The smallest absolute Gasteiger partial charge is 0.361 e. The standard InChI is InChI=1S/C13H11NO5/c15-11-8-4-1-2-5-9(8)12(16)14(11)19-13(17)10-6-3-7-18-10/h1-2,4-5,10H,3,6-7H2/t10-/m1/s1. The van der Waals surface area contributed by atoms with Gasteiger partial charge in [0.15, 0.2) is 6.10 Å². The summed E-state index contributed by atoms with van der Waals surface area (Å²) in [5, 5.41) is 0.509. The Balaban J connectivity index is 1.78. The van der Waals surface area contributed by atoms with Crippen molar-refractivity contribution in [3.63, 3.8) is 0 Å².